The molecule has 1 amide bonds. The van der Waals surface area contributed by atoms with Crippen LogP contribution in [0.5, 0.6) is 5.75 Å². The van der Waals surface area contributed by atoms with Crippen molar-refractivity contribution in [2.75, 3.05) is 45.2 Å². The first-order valence-corrected chi connectivity index (χ1v) is 9.10. The van der Waals surface area contributed by atoms with Crippen molar-refractivity contribution in [3.8, 4) is 5.75 Å². The first kappa shape index (κ1) is 17.0. The van der Waals surface area contributed by atoms with Crippen LogP contribution >= 0.6 is 0 Å². The van der Waals surface area contributed by atoms with Crippen LogP contribution in [0.25, 0.3) is 10.9 Å². The van der Waals surface area contributed by atoms with Crippen molar-refractivity contribution < 1.29 is 9.53 Å². The quantitative estimate of drug-likeness (QED) is 0.877. The second-order valence-corrected chi connectivity index (χ2v) is 7.19. The van der Waals surface area contributed by atoms with Gasteiger partial charge in [0.2, 0.25) is 11.9 Å². The van der Waals surface area contributed by atoms with E-state index in [2.05, 4.69) is 22.2 Å². The maximum absolute atomic E-state index is 12.5. The summed E-state index contributed by atoms with van der Waals surface area (Å²) in [7, 11) is 3.71. The highest BCUT2D eigenvalue weighted by molar-refractivity contribution is 5.87. The molecule has 1 spiro atoms. The number of aromatic nitrogens is 2. The Kier molecular flexibility index (Phi) is 4.19. The van der Waals surface area contributed by atoms with Crippen LogP contribution in [0.15, 0.2) is 18.2 Å². The highest BCUT2D eigenvalue weighted by atomic mass is 16.5. The number of nitrogens with one attached hydrogen (secondary N) is 1. The average Bonchev–Trinajstić information content (AvgIpc) is 2.66. The molecule has 1 aromatic heterocycles. The number of methoxy groups -OCH3 is 1. The third-order valence-corrected chi connectivity index (χ3v) is 5.84. The lowest BCUT2D eigenvalue weighted by molar-refractivity contribution is -0.137. The Morgan fingerprint density at radius 2 is 1.96 bits per heavy atom. The maximum Gasteiger partial charge on any atom is 0.240 e. The summed E-state index contributed by atoms with van der Waals surface area (Å²) < 4.78 is 5.32. The largest absolute Gasteiger partial charge is 0.497 e. The topological polar surface area (TPSA) is 70.6 Å². The Morgan fingerprint density at radius 3 is 2.65 bits per heavy atom. The van der Waals surface area contributed by atoms with Crippen LogP contribution in [0, 0.1) is 6.92 Å². The van der Waals surface area contributed by atoms with Crippen molar-refractivity contribution in [1.82, 2.24) is 20.2 Å². The third-order valence-electron chi connectivity index (χ3n) is 5.84. The molecule has 2 fully saturated rings. The minimum absolute atomic E-state index is 0.159. The van der Waals surface area contributed by atoms with E-state index in [1.54, 1.807) is 7.11 Å². The Bertz CT molecular complexity index is 845. The van der Waals surface area contributed by atoms with Gasteiger partial charge in [-0.1, -0.05) is 0 Å². The molecule has 2 aliphatic rings. The number of likely N-dealkylation sites (N-methyl/N-ethyl adjacent to an activating group) is 1. The van der Waals surface area contributed by atoms with E-state index >= 15 is 0 Å². The minimum atomic E-state index is -0.385. The van der Waals surface area contributed by atoms with E-state index in [0.29, 0.717) is 0 Å². The number of ether oxygens (including phenoxy) is 1. The molecular formula is C19H25N5O2. The van der Waals surface area contributed by atoms with Crippen LogP contribution in [0.1, 0.15) is 18.5 Å². The van der Waals surface area contributed by atoms with Crippen molar-refractivity contribution in [2.24, 2.45) is 0 Å². The van der Waals surface area contributed by atoms with E-state index in [1.165, 1.54) is 0 Å². The zero-order valence-corrected chi connectivity index (χ0v) is 15.6. The molecule has 0 saturated carbocycles. The summed E-state index contributed by atoms with van der Waals surface area (Å²) >= 11 is 0. The van der Waals surface area contributed by atoms with Crippen molar-refractivity contribution >= 4 is 22.8 Å². The predicted molar refractivity (Wildman–Crippen MR) is 101 cm³/mol. The Labute approximate surface area is 153 Å². The van der Waals surface area contributed by atoms with Gasteiger partial charge in [-0.2, -0.15) is 0 Å². The molecule has 0 unspecified atom stereocenters. The minimum Gasteiger partial charge on any atom is -0.497 e. The molecule has 0 bridgehead atoms. The third kappa shape index (κ3) is 2.67. The van der Waals surface area contributed by atoms with Gasteiger partial charge >= 0.3 is 0 Å². The number of benzene rings is 1. The molecule has 26 heavy (non-hydrogen) atoms. The van der Waals surface area contributed by atoms with Crippen LogP contribution < -0.4 is 15.0 Å². The molecule has 2 saturated heterocycles. The van der Waals surface area contributed by atoms with Crippen molar-refractivity contribution in [2.45, 2.75) is 25.3 Å². The molecule has 2 aromatic rings. The van der Waals surface area contributed by atoms with E-state index in [-0.39, 0.29) is 11.4 Å². The Hall–Kier alpha value is -2.41. The molecule has 7 nitrogen and oxygen atoms in total. The monoisotopic (exact) mass is 355 g/mol. The number of nitrogens with zero attached hydrogens (tertiary/aromatic N) is 4. The van der Waals surface area contributed by atoms with E-state index in [9.17, 15) is 4.79 Å². The van der Waals surface area contributed by atoms with Crippen LogP contribution in [0.3, 0.4) is 0 Å². The number of rotatable bonds is 2. The highest BCUT2D eigenvalue weighted by Crippen LogP contribution is 2.32. The van der Waals surface area contributed by atoms with Crippen molar-refractivity contribution in [3.05, 3.63) is 23.9 Å². The standard InChI is InChI=1S/C19H25N5O2/c1-13-15-5-4-14(26-3)12-16(15)22-18(21-13)24-9-6-19(7-10-24)17(25)20-8-11-23(19)2/h4-5,12H,6-11H2,1-3H3,(H,20,25). The summed E-state index contributed by atoms with van der Waals surface area (Å²) in [6, 6.07) is 5.88. The molecule has 1 N–H and O–H groups in total. The molecule has 2 aliphatic heterocycles. The molecule has 0 radical (unpaired) electrons. The molecule has 7 heteroatoms. The van der Waals surface area contributed by atoms with E-state index in [4.69, 9.17) is 14.7 Å². The van der Waals surface area contributed by atoms with Crippen LogP contribution in [0.4, 0.5) is 5.95 Å². The van der Waals surface area contributed by atoms with Gasteiger partial charge in [-0.25, -0.2) is 9.97 Å². The van der Waals surface area contributed by atoms with Crippen LogP contribution in [-0.2, 0) is 4.79 Å². The summed E-state index contributed by atoms with van der Waals surface area (Å²) in [4.78, 5) is 26.4. The number of amides is 1. The van der Waals surface area contributed by atoms with Gasteiger partial charge < -0.3 is 15.0 Å². The number of carbonyl (C=O) groups is 1. The molecule has 3 heterocycles. The molecule has 0 atom stereocenters. The van der Waals surface area contributed by atoms with Gasteiger partial charge in [0, 0.05) is 37.6 Å². The molecule has 0 aliphatic carbocycles. The normalized spacial score (nSPS) is 20.4. The SMILES string of the molecule is COc1ccc2c(C)nc(N3CCC4(CC3)C(=O)NCCN4C)nc2c1. The summed E-state index contributed by atoms with van der Waals surface area (Å²) in [6.07, 6.45) is 1.57. The number of fused-ring (bicyclic) bond motifs is 1. The zero-order valence-electron chi connectivity index (χ0n) is 15.6. The lowest BCUT2D eigenvalue weighted by atomic mass is 9.83. The van der Waals surface area contributed by atoms with Gasteiger partial charge in [-0.05, 0) is 38.9 Å². The smallest absolute Gasteiger partial charge is 0.240 e. The second kappa shape index (κ2) is 6.39. The van der Waals surface area contributed by atoms with E-state index in [1.807, 2.05) is 25.1 Å². The fourth-order valence-electron chi connectivity index (χ4n) is 4.10. The van der Waals surface area contributed by atoms with Crippen molar-refractivity contribution in [1.29, 1.82) is 0 Å². The van der Waals surface area contributed by atoms with Gasteiger partial charge in [0.1, 0.15) is 11.3 Å². The molecule has 1 aromatic carbocycles. The highest BCUT2D eigenvalue weighted by Gasteiger charge is 2.46. The fourth-order valence-corrected chi connectivity index (χ4v) is 4.10. The molecular weight excluding hydrogens is 330 g/mol. The lowest BCUT2D eigenvalue weighted by Crippen LogP contribution is -2.67. The lowest BCUT2D eigenvalue weighted by Gasteiger charge is -2.48. The first-order valence-electron chi connectivity index (χ1n) is 9.10. The van der Waals surface area contributed by atoms with E-state index < -0.39 is 0 Å². The van der Waals surface area contributed by atoms with Gasteiger partial charge in [0.25, 0.3) is 0 Å². The number of hydrogen-bond donors (Lipinski definition) is 1. The summed E-state index contributed by atoms with van der Waals surface area (Å²) in [5, 5.41) is 4.07. The molecule has 138 valence electrons. The number of anilines is 1. The second-order valence-electron chi connectivity index (χ2n) is 7.19. The average molecular weight is 355 g/mol. The number of aryl methyl sites for hydroxylation is 1. The van der Waals surface area contributed by atoms with Crippen LogP contribution in [-0.4, -0.2) is 66.7 Å². The zero-order chi connectivity index (χ0) is 18.3. The van der Waals surface area contributed by atoms with Gasteiger partial charge in [0.15, 0.2) is 0 Å². The molecule has 4 rings (SSSR count). The Balaban J connectivity index is 1.60. The number of piperidine rings is 1. The number of carbonyl (C=O) groups excluding carboxylic acids is 1. The first-order chi connectivity index (χ1) is 12.5. The summed E-state index contributed by atoms with van der Waals surface area (Å²) in [5.41, 5.74) is 1.46. The number of hydrogen-bond acceptors (Lipinski definition) is 6. The van der Waals surface area contributed by atoms with Crippen molar-refractivity contribution in [3.63, 3.8) is 0 Å². The maximum atomic E-state index is 12.5. The Morgan fingerprint density at radius 1 is 1.19 bits per heavy atom. The predicted octanol–water partition coefficient (Wildman–Crippen LogP) is 1.35. The van der Waals surface area contributed by atoms with Gasteiger partial charge in [-0.15, -0.1) is 0 Å². The van der Waals surface area contributed by atoms with Gasteiger partial charge in [0.05, 0.1) is 18.3 Å². The van der Waals surface area contributed by atoms with Crippen LogP contribution in [0.2, 0.25) is 0 Å². The fraction of sp³-hybridized carbons (Fsp3) is 0.526. The summed E-state index contributed by atoms with van der Waals surface area (Å²) in [6.45, 7) is 5.18. The number of piperazine rings is 1. The summed E-state index contributed by atoms with van der Waals surface area (Å²) in [5.74, 6) is 1.68. The van der Waals surface area contributed by atoms with Gasteiger partial charge in [-0.3, -0.25) is 9.69 Å². The van der Waals surface area contributed by atoms with E-state index in [0.717, 1.165) is 67.3 Å².